The van der Waals surface area contributed by atoms with E-state index in [1.165, 1.54) is 31.7 Å². The summed E-state index contributed by atoms with van der Waals surface area (Å²) >= 11 is 1.94. The number of likely N-dealkylation sites (tertiary alicyclic amines) is 1. The summed E-state index contributed by atoms with van der Waals surface area (Å²) in [5, 5.41) is 6.43. The van der Waals surface area contributed by atoms with E-state index in [-0.39, 0.29) is 30.7 Å². The molecule has 7 heteroatoms. The Bertz CT molecular complexity index is 260. The second-order valence-electron chi connectivity index (χ2n) is 5.18. The molecule has 4 nitrogen and oxygen atoms in total. The first kappa shape index (κ1) is 20.3. The van der Waals surface area contributed by atoms with Crippen LogP contribution in [-0.2, 0) is 4.79 Å². The summed E-state index contributed by atoms with van der Waals surface area (Å²) in [6.45, 7) is 5.50. The van der Waals surface area contributed by atoms with E-state index in [1.807, 2.05) is 11.8 Å². The van der Waals surface area contributed by atoms with Gasteiger partial charge in [-0.25, -0.2) is 0 Å². The van der Waals surface area contributed by atoms with Gasteiger partial charge < -0.3 is 15.5 Å². The summed E-state index contributed by atoms with van der Waals surface area (Å²) in [7, 11) is 0. The summed E-state index contributed by atoms with van der Waals surface area (Å²) in [5.41, 5.74) is 0. The van der Waals surface area contributed by atoms with E-state index in [0.29, 0.717) is 12.5 Å². The molecule has 0 bridgehead atoms. The van der Waals surface area contributed by atoms with Crippen LogP contribution in [0.4, 0.5) is 0 Å². The van der Waals surface area contributed by atoms with Gasteiger partial charge in [0, 0.05) is 37.1 Å². The topological polar surface area (TPSA) is 44.4 Å². The van der Waals surface area contributed by atoms with Crippen molar-refractivity contribution in [2.75, 3.05) is 44.2 Å². The first-order valence-corrected chi connectivity index (χ1v) is 8.30. The Balaban J connectivity index is 0.00000180. The fraction of sp³-hybridized carbons (Fsp3) is 0.923. The van der Waals surface area contributed by atoms with Gasteiger partial charge in [0.05, 0.1) is 0 Å². The molecule has 0 radical (unpaired) electrons. The third-order valence-electron chi connectivity index (χ3n) is 3.60. The van der Waals surface area contributed by atoms with Crippen LogP contribution in [0.15, 0.2) is 0 Å². The van der Waals surface area contributed by atoms with E-state index in [1.54, 1.807) is 0 Å². The van der Waals surface area contributed by atoms with Crippen LogP contribution in [0.25, 0.3) is 0 Å². The molecule has 1 amide bonds. The lowest BCUT2D eigenvalue weighted by atomic mass is 10.2. The Morgan fingerprint density at radius 2 is 2.05 bits per heavy atom. The van der Waals surface area contributed by atoms with Crippen molar-refractivity contribution in [3.63, 3.8) is 0 Å². The number of nitrogens with one attached hydrogen (secondary N) is 2. The lowest BCUT2D eigenvalue weighted by Gasteiger charge is -2.22. The summed E-state index contributed by atoms with van der Waals surface area (Å²) in [5.74, 6) is 2.45. The van der Waals surface area contributed by atoms with Crippen LogP contribution in [0.3, 0.4) is 0 Å². The van der Waals surface area contributed by atoms with Gasteiger partial charge in [0.1, 0.15) is 0 Å². The van der Waals surface area contributed by atoms with Crippen molar-refractivity contribution < 1.29 is 4.79 Å². The average Bonchev–Trinajstić information content (AvgIpc) is 2.89. The highest BCUT2D eigenvalue weighted by molar-refractivity contribution is 7.99. The molecular formula is C13H27Cl2N3OS. The fourth-order valence-corrected chi connectivity index (χ4v) is 3.53. The molecule has 0 aromatic rings. The summed E-state index contributed by atoms with van der Waals surface area (Å²) in [6.07, 6.45) is 4.41. The third kappa shape index (κ3) is 7.93. The maximum Gasteiger partial charge on any atom is 0.221 e. The van der Waals surface area contributed by atoms with E-state index in [0.717, 1.165) is 31.8 Å². The van der Waals surface area contributed by atoms with Gasteiger partial charge in [-0.05, 0) is 38.9 Å². The van der Waals surface area contributed by atoms with Crippen molar-refractivity contribution in [1.29, 1.82) is 0 Å². The van der Waals surface area contributed by atoms with Crippen molar-refractivity contribution in [3.8, 4) is 0 Å². The Morgan fingerprint density at radius 3 is 2.70 bits per heavy atom. The molecule has 20 heavy (non-hydrogen) atoms. The Morgan fingerprint density at radius 1 is 1.30 bits per heavy atom. The van der Waals surface area contributed by atoms with Crippen molar-refractivity contribution in [2.45, 2.75) is 31.7 Å². The van der Waals surface area contributed by atoms with Gasteiger partial charge in [0.25, 0.3) is 0 Å². The van der Waals surface area contributed by atoms with Crippen molar-refractivity contribution in [1.82, 2.24) is 15.5 Å². The van der Waals surface area contributed by atoms with Crippen molar-refractivity contribution in [3.05, 3.63) is 0 Å². The quantitative estimate of drug-likeness (QED) is 0.718. The molecule has 1 unspecified atom stereocenters. The molecule has 120 valence electrons. The molecule has 0 aromatic heterocycles. The van der Waals surface area contributed by atoms with Crippen LogP contribution in [0.1, 0.15) is 25.7 Å². The lowest BCUT2D eigenvalue weighted by Crippen LogP contribution is -2.41. The van der Waals surface area contributed by atoms with Crippen molar-refractivity contribution >= 4 is 42.5 Å². The van der Waals surface area contributed by atoms with Gasteiger partial charge in [0.15, 0.2) is 0 Å². The highest BCUT2D eigenvalue weighted by Gasteiger charge is 2.16. The van der Waals surface area contributed by atoms with Gasteiger partial charge in [-0.15, -0.1) is 24.8 Å². The van der Waals surface area contributed by atoms with Gasteiger partial charge in [-0.3, -0.25) is 4.79 Å². The molecule has 2 aliphatic heterocycles. The Labute approximate surface area is 139 Å². The standard InChI is InChI=1S/C13H25N3OS.2ClH/c17-13(10-12-11-18-9-5-14-12)15-4-3-8-16-6-1-2-7-16;;/h12,14H,1-11H2,(H,15,17);2*1H. The zero-order valence-electron chi connectivity index (χ0n) is 11.9. The first-order chi connectivity index (χ1) is 8.84. The molecule has 0 aliphatic carbocycles. The molecule has 2 saturated heterocycles. The number of halogens is 2. The minimum absolute atomic E-state index is 0. The van der Waals surface area contributed by atoms with E-state index >= 15 is 0 Å². The normalized spacial score (nSPS) is 22.7. The van der Waals surface area contributed by atoms with Crippen LogP contribution in [0.2, 0.25) is 0 Å². The average molecular weight is 344 g/mol. The Hall–Kier alpha value is 0.320. The SMILES string of the molecule is Cl.Cl.O=C(CC1CSCCN1)NCCCN1CCCC1. The summed E-state index contributed by atoms with van der Waals surface area (Å²) in [4.78, 5) is 14.2. The fourth-order valence-electron chi connectivity index (χ4n) is 2.58. The number of thioether (sulfide) groups is 1. The lowest BCUT2D eigenvalue weighted by molar-refractivity contribution is -0.121. The maximum atomic E-state index is 11.7. The second kappa shape index (κ2) is 11.9. The van der Waals surface area contributed by atoms with E-state index in [2.05, 4.69) is 15.5 Å². The maximum absolute atomic E-state index is 11.7. The number of hydrogen-bond acceptors (Lipinski definition) is 4. The molecule has 0 saturated carbocycles. The van der Waals surface area contributed by atoms with Crippen LogP contribution in [0, 0.1) is 0 Å². The molecule has 1 atom stereocenters. The zero-order chi connectivity index (χ0) is 12.6. The second-order valence-corrected chi connectivity index (χ2v) is 6.33. The first-order valence-electron chi connectivity index (χ1n) is 7.15. The van der Waals surface area contributed by atoms with E-state index in [4.69, 9.17) is 0 Å². The predicted molar refractivity (Wildman–Crippen MR) is 91.5 cm³/mol. The molecule has 2 aliphatic rings. The third-order valence-corrected chi connectivity index (χ3v) is 4.73. The molecule has 0 aromatic carbocycles. The number of carbonyl (C=O) groups is 1. The zero-order valence-corrected chi connectivity index (χ0v) is 14.4. The number of amides is 1. The van der Waals surface area contributed by atoms with Gasteiger partial charge in [-0.2, -0.15) is 11.8 Å². The molecule has 2 fully saturated rings. The predicted octanol–water partition coefficient (Wildman–Crippen LogP) is 1.53. The highest BCUT2D eigenvalue weighted by atomic mass is 35.5. The number of carbonyl (C=O) groups excluding carboxylic acids is 1. The number of rotatable bonds is 6. The molecule has 2 rings (SSSR count). The smallest absolute Gasteiger partial charge is 0.221 e. The van der Waals surface area contributed by atoms with Crippen molar-refractivity contribution in [2.24, 2.45) is 0 Å². The minimum atomic E-state index is 0. The van der Waals surface area contributed by atoms with Crippen LogP contribution < -0.4 is 10.6 Å². The Kier molecular flexibility index (Phi) is 12.1. The monoisotopic (exact) mass is 343 g/mol. The van der Waals surface area contributed by atoms with Gasteiger partial charge in [-0.1, -0.05) is 0 Å². The highest BCUT2D eigenvalue weighted by Crippen LogP contribution is 2.10. The minimum Gasteiger partial charge on any atom is -0.356 e. The van der Waals surface area contributed by atoms with Gasteiger partial charge in [0.2, 0.25) is 5.91 Å². The molecular weight excluding hydrogens is 317 g/mol. The summed E-state index contributed by atoms with van der Waals surface area (Å²) in [6, 6.07) is 0.377. The van der Waals surface area contributed by atoms with Crippen LogP contribution in [-0.4, -0.2) is 61.1 Å². The van der Waals surface area contributed by atoms with Crippen LogP contribution in [0.5, 0.6) is 0 Å². The number of nitrogens with zero attached hydrogens (tertiary/aromatic N) is 1. The molecule has 2 heterocycles. The van der Waals surface area contributed by atoms with E-state index < -0.39 is 0 Å². The molecule has 2 N–H and O–H groups in total. The van der Waals surface area contributed by atoms with E-state index in [9.17, 15) is 4.79 Å². The summed E-state index contributed by atoms with van der Waals surface area (Å²) < 4.78 is 0. The molecule has 0 spiro atoms. The van der Waals surface area contributed by atoms with Crippen LogP contribution >= 0.6 is 36.6 Å². The van der Waals surface area contributed by atoms with Gasteiger partial charge >= 0.3 is 0 Å². The number of hydrogen-bond donors (Lipinski definition) is 2. The largest absolute Gasteiger partial charge is 0.356 e.